The van der Waals surface area contributed by atoms with Gasteiger partial charge in [0, 0.05) is 25.0 Å². The van der Waals surface area contributed by atoms with Gasteiger partial charge in [0.05, 0.1) is 16.3 Å². The zero-order valence-corrected chi connectivity index (χ0v) is 20.7. The van der Waals surface area contributed by atoms with E-state index in [2.05, 4.69) is 47.5 Å². The molecule has 0 fully saturated rings. The normalized spacial score (nSPS) is 16.4. The molecule has 1 unspecified atom stereocenters. The van der Waals surface area contributed by atoms with Crippen LogP contribution in [0.5, 0.6) is 0 Å². The fraction of sp³-hybridized carbons (Fsp3) is 0.545. The summed E-state index contributed by atoms with van der Waals surface area (Å²) < 4.78 is 3.66. The Labute approximate surface area is 191 Å². The van der Waals surface area contributed by atoms with Crippen LogP contribution in [0, 0.1) is 18.3 Å². The Morgan fingerprint density at radius 1 is 1.29 bits per heavy atom. The molecule has 1 N–H and O–H groups in total. The van der Waals surface area contributed by atoms with Crippen molar-refractivity contribution in [3.8, 4) is 10.7 Å². The van der Waals surface area contributed by atoms with E-state index in [1.165, 1.54) is 28.6 Å². The highest BCUT2D eigenvalue weighted by atomic mass is 32.2. The molecule has 0 spiro atoms. The van der Waals surface area contributed by atoms with E-state index in [1.54, 1.807) is 4.68 Å². The fourth-order valence-electron chi connectivity index (χ4n) is 4.06. The molecule has 1 amide bonds. The highest BCUT2D eigenvalue weighted by Crippen LogP contribution is 2.42. The lowest BCUT2D eigenvalue weighted by Gasteiger charge is -2.33. The topological polar surface area (TPSA) is 77.6 Å². The van der Waals surface area contributed by atoms with E-state index in [0.29, 0.717) is 11.2 Å². The van der Waals surface area contributed by atoms with Crippen LogP contribution in [0.2, 0.25) is 0 Å². The molecular weight excluding hydrogens is 428 g/mol. The van der Waals surface area contributed by atoms with E-state index in [9.17, 15) is 4.79 Å². The van der Waals surface area contributed by atoms with E-state index < -0.39 is 0 Å². The standard InChI is InChI=1S/C22H30N6OS2/c1-13-9-18(28(6)26-13)23-19(29)12-30-21-25-24-20(27(21)5)17-11-14-10-15(22(2,3)4)7-8-16(14)31-17/h9,11,15H,7-8,10,12H2,1-6H3,(H,23,29). The van der Waals surface area contributed by atoms with Crippen molar-refractivity contribution in [2.45, 2.75) is 52.1 Å². The van der Waals surface area contributed by atoms with Gasteiger partial charge in [0.2, 0.25) is 5.91 Å². The second-order valence-electron chi connectivity index (χ2n) is 9.36. The van der Waals surface area contributed by atoms with Crippen LogP contribution in [-0.2, 0) is 31.7 Å². The molecule has 31 heavy (non-hydrogen) atoms. The lowest BCUT2D eigenvalue weighted by molar-refractivity contribution is -0.113. The SMILES string of the molecule is Cc1cc(NC(=O)CSc2nnc(-c3cc4c(s3)CCC(C(C)(C)C)C4)n2C)n(C)n1. The average Bonchev–Trinajstić information content (AvgIpc) is 3.35. The quantitative estimate of drug-likeness (QED) is 0.571. The zero-order valence-electron chi connectivity index (χ0n) is 19.0. The number of amides is 1. The van der Waals surface area contributed by atoms with Crippen LogP contribution in [0.3, 0.4) is 0 Å². The van der Waals surface area contributed by atoms with Gasteiger partial charge >= 0.3 is 0 Å². The molecule has 3 aromatic rings. The van der Waals surface area contributed by atoms with Crippen molar-refractivity contribution in [2.75, 3.05) is 11.1 Å². The summed E-state index contributed by atoms with van der Waals surface area (Å²) in [6, 6.07) is 4.15. The molecule has 3 heterocycles. The first-order valence-corrected chi connectivity index (χ1v) is 12.4. The van der Waals surface area contributed by atoms with Gasteiger partial charge < -0.3 is 9.88 Å². The highest BCUT2D eigenvalue weighted by Gasteiger charge is 2.30. The van der Waals surface area contributed by atoms with Gasteiger partial charge in [-0.05, 0) is 49.1 Å². The molecule has 1 aliphatic rings. The number of aryl methyl sites for hydroxylation is 3. The van der Waals surface area contributed by atoms with Crippen molar-refractivity contribution in [1.82, 2.24) is 24.5 Å². The Balaban J connectivity index is 1.43. The minimum Gasteiger partial charge on any atom is -0.310 e. The summed E-state index contributed by atoms with van der Waals surface area (Å²) in [5.74, 6) is 2.47. The molecule has 0 aromatic carbocycles. The minimum absolute atomic E-state index is 0.0858. The van der Waals surface area contributed by atoms with E-state index in [4.69, 9.17) is 0 Å². The Bertz CT molecular complexity index is 1100. The van der Waals surface area contributed by atoms with Crippen LogP contribution in [0.25, 0.3) is 10.7 Å². The van der Waals surface area contributed by atoms with Crippen LogP contribution < -0.4 is 5.32 Å². The highest BCUT2D eigenvalue weighted by molar-refractivity contribution is 7.99. The Hall–Kier alpha value is -2.13. The summed E-state index contributed by atoms with van der Waals surface area (Å²) in [4.78, 5) is 15.0. The van der Waals surface area contributed by atoms with Crippen LogP contribution in [0.15, 0.2) is 17.3 Å². The van der Waals surface area contributed by atoms with Crippen LogP contribution in [0.4, 0.5) is 5.82 Å². The number of anilines is 1. The monoisotopic (exact) mass is 458 g/mol. The first-order chi connectivity index (χ1) is 14.6. The van der Waals surface area contributed by atoms with Crippen LogP contribution >= 0.6 is 23.1 Å². The number of carbonyl (C=O) groups excluding carboxylic acids is 1. The summed E-state index contributed by atoms with van der Waals surface area (Å²) in [6.07, 6.45) is 3.54. The summed E-state index contributed by atoms with van der Waals surface area (Å²) in [7, 11) is 3.78. The first kappa shape index (κ1) is 22.1. The molecule has 0 bridgehead atoms. The van der Waals surface area contributed by atoms with E-state index in [0.717, 1.165) is 40.3 Å². The summed E-state index contributed by atoms with van der Waals surface area (Å²) in [5.41, 5.74) is 2.67. The number of carbonyl (C=O) groups is 1. The Morgan fingerprint density at radius 2 is 2.06 bits per heavy atom. The van der Waals surface area contributed by atoms with Gasteiger partial charge in [0.15, 0.2) is 11.0 Å². The number of hydrogen-bond donors (Lipinski definition) is 1. The molecule has 0 radical (unpaired) electrons. The summed E-state index contributed by atoms with van der Waals surface area (Å²) in [5, 5.41) is 16.7. The lowest BCUT2D eigenvalue weighted by atomic mass is 9.72. The number of aromatic nitrogens is 5. The number of rotatable bonds is 5. The van der Waals surface area contributed by atoms with Crippen LogP contribution in [-0.4, -0.2) is 36.2 Å². The van der Waals surface area contributed by atoms with E-state index in [1.807, 2.05) is 43.0 Å². The summed E-state index contributed by atoms with van der Waals surface area (Å²) in [6.45, 7) is 8.92. The second-order valence-corrected chi connectivity index (χ2v) is 11.4. The zero-order chi connectivity index (χ0) is 22.3. The lowest BCUT2D eigenvalue weighted by Crippen LogP contribution is -2.26. The molecular formula is C22H30N6OS2. The number of hydrogen-bond acceptors (Lipinski definition) is 6. The molecule has 4 rings (SSSR count). The predicted molar refractivity (Wildman–Crippen MR) is 127 cm³/mol. The Morgan fingerprint density at radius 3 is 2.74 bits per heavy atom. The van der Waals surface area contributed by atoms with Gasteiger partial charge in [0.25, 0.3) is 0 Å². The van der Waals surface area contributed by atoms with Gasteiger partial charge in [-0.2, -0.15) is 5.10 Å². The average molecular weight is 459 g/mol. The van der Waals surface area contributed by atoms with Crippen molar-refractivity contribution < 1.29 is 4.79 Å². The van der Waals surface area contributed by atoms with E-state index in [-0.39, 0.29) is 11.7 Å². The number of nitrogens with one attached hydrogen (secondary N) is 1. The Kier molecular flexibility index (Phi) is 6.00. The van der Waals surface area contributed by atoms with Crippen molar-refractivity contribution in [1.29, 1.82) is 0 Å². The first-order valence-electron chi connectivity index (χ1n) is 10.6. The van der Waals surface area contributed by atoms with Gasteiger partial charge in [-0.25, -0.2) is 0 Å². The van der Waals surface area contributed by atoms with E-state index >= 15 is 0 Å². The molecule has 9 heteroatoms. The molecule has 1 aliphatic carbocycles. The maximum Gasteiger partial charge on any atom is 0.235 e. The van der Waals surface area contributed by atoms with Gasteiger partial charge in [-0.1, -0.05) is 32.5 Å². The number of thiophene rings is 1. The second kappa shape index (κ2) is 8.43. The third-order valence-corrected chi connectivity index (χ3v) is 8.22. The number of thioether (sulfide) groups is 1. The predicted octanol–water partition coefficient (Wildman–Crippen LogP) is 4.47. The molecule has 166 valence electrons. The largest absolute Gasteiger partial charge is 0.310 e. The summed E-state index contributed by atoms with van der Waals surface area (Å²) >= 11 is 3.23. The molecule has 0 aliphatic heterocycles. The maximum atomic E-state index is 12.4. The van der Waals surface area contributed by atoms with Crippen molar-refractivity contribution in [2.24, 2.45) is 25.4 Å². The van der Waals surface area contributed by atoms with Gasteiger partial charge in [-0.3, -0.25) is 9.48 Å². The van der Waals surface area contributed by atoms with Crippen molar-refractivity contribution in [3.05, 3.63) is 28.3 Å². The van der Waals surface area contributed by atoms with Crippen molar-refractivity contribution >= 4 is 34.8 Å². The van der Waals surface area contributed by atoms with Gasteiger partial charge in [-0.15, -0.1) is 21.5 Å². The van der Waals surface area contributed by atoms with Crippen molar-refractivity contribution in [3.63, 3.8) is 0 Å². The molecule has 0 saturated heterocycles. The minimum atomic E-state index is -0.0858. The molecule has 0 saturated carbocycles. The molecule has 1 atom stereocenters. The van der Waals surface area contributed by atoms with Gasteiger partial charge in [0.1, 0.15) is 5.82 Å². The smallest absolute Gasteiger partial charge is 0.235 e. The number of nitrogens with zero attached hydrogens (tertiary/aromatic N) is 5. The maximum absolute atomic E-state index is 12.4. The van der Waals surface area contributed by atoms with Crippen LogP contribution in [0.1, 0.15) is 43.3 Å². The number of fused-ring (bicyclic) bond motifs is 1. The molecule has 3 aromatic heterocycles. The molecule has 7 nitrogen and oxygen atoms in total. The fourth-order valence-corrected chi connectivity index (χ4v) is 6.00. The third-order valence-electron chi connectivity index (χ3n) is 5.96. The third kappa shape index (κ3) is 4.72.